The van der Waals surface area contributed by atoms with Crippen LogP contribution in [0.5, 0.6) is 0 Å². The Labute approximate surface area is 258 Å². The summed E-state index contributed by atoms with van der Waals surface area (Å²) in [6.07, 6.45) is 5.81. The van der Waals surface area contributed by atoms with Crippen molar-refractivity contribution in [2.75, 3.05) is 13.2 Å². The van der Waals surface area contributed by atoms with Crippen LogP contribution in [0.1, 0.15) is 100 Å². The normalized spacial score (nSPS) is 46.4. The van der Waals surface area contributed by atoms with Crippen molar-refractivity contribution in [1.82, 2.24) is 0 Å². The molecule has 4 N–H and O–H groups in total. The van der Waals surface area contributed by atoms with Gasteiger partial charge >= 0.3 is 5.97 Å². The lowest BCUT2D eigenvalue weighted by molar-refractivity contribution is -0.318. The van der Waals surface area contributed by atoms with Crippen LogP contribution in [-0.2, 0) is 19.1 Å². The van der Waals surface area contributed by atoms with Crippen LogP contribution in [0.3, 0.4) is 0 Å². The summed E-state index contributed by atoms with van der Waals surface area (Å²) in [5.74, 6) is -3.69. The molecule has 246 valence electrons. The Morgan fingerprint density at radius 2 is 1.81 bits per heavy atom. The first kappa shape index (κ1) is 34.6. The van der Waals surface area contributed by atoms with E-state index in [1.807, 2.05) is 34.6 Å². The molecular formula is C35H58O8. The van der Waals surface area contributed by atoms with Gasteiger partial charge in [-0.05, 0) is 87.4 Å². The molecule has 14 atom stereocenters. The van der Waals surface area contributed by atoms with Crippen molar-refractivity contribution in [3.05, 3.63) is 11.6 Å². The molecule has 0 aromatic rings. The number of Topliss-reactive ketones (excluding diaryl/α,β-unsaturated/α-hetero) is 1. The summed E-state index contributed by atoms with van der Waals surface area (Å²) in [4.78, 5) is 25.9. The van der Waals surface area contributed by atoms with Crippen molar-refractivity contribution in [3.8, 4) is 0 Å². The number of rotatable bonds is 9. The number of esters is 1. The molecule has 4 aliphatic rings. The molecule has 2 saturated carbocycles. The summed E-state index contributed by atoms with van der Waals surface area (Å²) in [7, 11) is 0. The molecule has 3 fully saturated rings. The van der Waals surface area contributed by atoms with Gasteiger partial charge < -0.3 is 29.9 Å². The highest BCUT2D eigenvalue weighted by molar-refractivity contribution is 5.81. The second-order valence-corrected chi connectivity index (χ2v) is 15.5. The molecule has 0 unspecified atom stereocenters. The summed E-state index contributed by atoms with van der Waals surface area (Å²) < 4.78 is 12.1. The number of ketones is 1. The maximum atomic E-state index is 13.4. The Hall–Kier alpha value is -1.32. The molecule has 1 saturated heterocycles. The molecule has 8 heteroatoms. The third kappa shape index (κ3) is 6.38. The number of allylic oxidation sites excluding steroid dienone is 1. The van der Waals surface area contributed by atoms with Crippen molar-refractivity contribution >= 4 is 11.8 Å². The van der Waals surface area contributed by atoms with Gasteiger partial charge in [0.05, 0.1) is 24.4 Å². The second kappa shape index (κ2) is 12.8. The average Bonchev–Trinajstić information content (AvgIpc) is 3.45. The number of hydrogen-bond acceptors (Lipinski definition) is 8. The van der Waals surface area contributed by atoms with Crippen LogP contribution in [0, 0.1) is 58.7 Å². The van der Waals surface area contributed by atoms with Gasteiger partial charge in [-0.2, -0.15) is 0 Å². The molecule has 0 aromatic carbocycles. The summed E-state index contributed by atoms with van der Waals surface area (Å²) in [5.41, 5.74) is 0.114. The van der Waals surface area contributed by atoms with Gasteiger partial charge in [0.1, 0.15) is 11.7 Å². The highest BCUT2D eigenvalue weighted by atomic mass is 16.6. The van der Waals surface area contributed by atoms with Crippen LogP contribution in [0.25, 0.3) is 0 Å². The van der Waals surface area contributed by atoms with E-state index >= 15 is 0 Å². The zero-order valence-electron chi connectivity index (χ0n) is 27.7. The highest BCUT2D eigenvalue weighted by Gasteiger charge is 2.56. The fraction of sp³-hybridized carbons (Fsp3) is 0.886. The predicted octanol–water partition coefficient (Wildman–Crippen LogP) is 4.66. The molecule has 1 aliphatic heterocycles. The van der Waals surface area contributed by atoms with Crippen LogP contribution in [0.15, 0.2) is 11.6 Å². The first-order chi connectivity index (χ1) is 20.0. The number of ether oxygens (including phenoxy) is 2. The molecule has 8 nitrogen and oxygen atoms in total. The Balaban J connectivity index is 1.45. The number of fused-ring (bicyclic) bond motifs is 2. The van der Waals surface area contributed by atoms with Crippen molar-refractivity contribution in [3.63, 3.8) is 0 Å². The molecular weight excluding hydrogens is 548 g/mol. The van der Waals surface area contributed by atoms with E-state index in [0.29, 0.717) is 25.7 Å². The highest BCUT2D eigenvalue weighted by Crippen LogP contribution is 2.59. The Morgan fingerprint density at radius 1 is 1.14 bits per heavy atom. The molecule has 0 radical (unpaired) electrons. The molecule has 1 heterocycles. The van der Waals surface area contributed by atoms with Crippen LogP contribution in [0.4, 0.5) is 0 Å². The summed E-state index contributed by atoms with van der Waals surface area (Å²) >= 11 is 0. The van der Waals surface area contributed by atoms with Gasteiger partial charge in [-0.3, -0.25) is 9.59 Å². The van der Waals surface area contributed by atoms with Gasteiger partial charge in [-0.25, -0.2) is 0 Å². The number of aliphatic hydroxyl groups is 4. The largest absolute Gasteiger partial charge is 0.465 e. The monoisotopic (exact) mass is 606 g/mol. The molecule has 4 rings (SSSR count). The number of carbonyl (C=O) groups is 2. The zero-order valence-corrected chi connectivity index (χ0v) is 27.7. The topological polar surface area (TPSA) is 134 Å². The van der Waals surface area contributed by atoms with Gasteiger partial charge in [-0.1, -0.05) is 53.2 Å². The lowest BCUT2D eigenvalue weighted by Crippen LogP contribution is -2.57. The fourth-order valence-corrected chi connectivity index (χ4v) is 9.56. The van der Waals surface area contributed by atoms with Gasteiger partial charge in [0.15, 0.2) is 5.79 Å². The summed E-state index contributed by atoms with van der Waals surface area (Å²) in [6.45, 7) is 15.6. The van der Waals surface area contributed by atoms with E-state index in [1.165, 1.54) is 5.57 Å². The molecule has 0 spiro atoms. The third-order valence-electron chi connectivity index (χ3n) is 12.3. The fourth-order valence-electron chi connectivity index (χ4n) is 9.56. The number of hydrogen-bond donors (Lipinski definition) is 4. The Kier molecular flexibility index (Phi) is 10.3. The lowest BCUT2D eigenvalue weighted by atomic mass is 9.64. The second-order valence-electron chi connectivity index (χ2n) is 15.5. The van der Waals surface area contributed by atoms with Gasteiger partial charge in [0.2, 0.25) is 0 Å². The van der Waals surface area contributed by atoms with Gasteiger partial charge in [0, 0.05) is 30.8 Å². The lowest BCUT2D eigenvalue weighted by Gasteiger charge is -2.48. The standard InChI is InChI=1S/C35H58O8/c1-9-28(37)22(5)31-19(2)14-21(4)35(41,43-31)23(6)32(39)42-18-20(3)25-10-12-33(7)16-26-24(17-36)15-29(38)30(26)34(8,40)13-11-27(25)33/h11,19-26,29-31,36,38,40-41H,9-10,12-18H2,1-8H3/b27-11-/t19-,20+,21-,22-,23+,24+,25-,26-,29-,30+,31+,33-,34+,35-/m1/s1. The van der Waals surface area contributed by atoms with E-state index in [2.05, 4.69) is 19.9 Å². The van der Waals surface area contributed by atoms with Crippen molar-refractivity contribution in [1.29, 1.82) is 0 Å². The average molecular weight is 607 g/mol. The minimum Gasteiger partial charge on any atom is -0.465 e. The van der Waals surface area contributed by atoms with E-state index in [0.717, 1.165) is 19.3 Å². The minimum atomic E-state index is -1.72. The van der Waals surface area contributed by atoms with Crippen LogP contribution in [-0.4, -0.2) is 69.0 Å². The molecule has 0 amide bonds. The van der Waals surface area contributed by atoms with Crippen LogP contribution in [0.2, 0.25) is 0 Å². The minimum absolute atomic E-state index is 0.0135. The first-order valence-electron chi connectivity index (χ1n) is 16.8. The molecule has 0 bridgehead atoms. The van der Waals surface area contributed by atoms with E-state index in [-0.39, 0.29) is 71.8 Å². The number of carbonyl (C=O) groups excluding carboxylic acids is 2. The van der Waals surface area contributed by atoms with Gasteiger partial charge in [0.25, 0.3) is 0 Å². The maximum absolute atomic E-state index is 13.4. The SMILES string of the molecule is CCC(=O)[C@@H](C)[C@H]1O[C@@](O)([C@@H](C)C(=O)OC[C@H](C)[C@H]2CC[C@]3(C)C[C@@H]4[C@H](CO)C[C@@H](O)[C@H]4[C@@](C)(O)C/C=C/23)[C@H](C)C[C@H]1C. The molecule has 43 heavy (non-hydrogen) atoms. The van der Waals surface area contributed by atoms with E-state index < -0.39 is 35.5 Å². The smallest absolute Gasteiger partial charge is 0.314 e. The quantitative estimate of drug-likeness (QED) is 0.220. The van der Waals surface area contributed by atoms with Crippen molar-refractivity contribution in [2.45, 2.75) is 124 Å². The summed E-state index contributed by atoms with van der Waals surface area (Å²) in [6, 6.07) is 0. The number of aliphatic hydroxyl groups excluding tert-OH is 2. The molecule has 3 aliphatic carbocycles. The first-order valence-corrected chi connectivity index (χ1v) is 16.8. The van der Waals surface area contributed by atoms with E-state index in [1.54, 1.807) is 6.92 Å². The van der Waals surface area contributed by atoms with Crippen molar-refractivity contribution in [2.24, 2.45) is 58.7 Å². The van der Waals surface area contributed by atoms with E-state index in [4.69, 9.17) is 9.47 Å². The Morgan fingerprint density at radius 3 is 2.44 bits per heavy atom. The van der Waals surface area contributed by atoms with Crippen molar-refractivity contribution < 1.29 is 39.5 Å². The third-order valence-corrected chi connectivity index (χ3v) is 12.3. The predicted molar refractivity (Wildman–Crippen MR) is 163 cm³/mol. The zero-order chi connectivity index (χ0) is 32.1. The maximum Gasteiger partial charge on any atom is 0.314 e. The molecule has 0 aromatic heterocycles. The Bertz CT molecular complexity index is 1050. The summed E-state index contributed by atoms with van der Waals surface area (Å²) in [5, 5.41) is 44.1. The van der Waals surface area contributed by atoms with Crippen LogP contribution < -0.4 is 0 Å². The van der Waals surface area contributed by atoms with Gasteiger partial charge in [-0.15, -0.1) is 0 Å². The van der Waals surface area contributed by atoms with E-state index in [9.17, 15) is 30.0 Å². The van der Waals surface area contributed by atoms with Crippen LogP contribution >= 0.6 is 0 Å².